The smallest absolute Gasteiger partial charge is 0.000997 e. The monoisotopic (exact) mass is 195 g/mol. The molecular formula is C13H25N. The first-order valence-corrected chi connectivity index (χ1v) is 6.18. The molecule has 0 bridgehead atoms. The van der Waals surface area contributed by atoms with Crippen LogP contribution in [0.2, 0.25) is 0 Å². The zero-order valence-corrected chi connectivity index (χ0v) is 10.0. The van der Waals surface area contributed by atoms with Gasteiger partial charge in [-0.15, -0.1) is 0 Å². The fraction of sp³-hybridized carbons (Fsp3) is 1.00. The van der Waals surface area contributed by atoms with E-state index in [2.05, 4.69) is 20.8 Å². The Bertz CT molecular complexity index is 225. The lowest BCUT2D eigenvalue weighted by Gasteiger charge is -2.43. The first kappa shape index (κ1) is 10.5. The molecule has 0 saturated heterocycles. The van der Waals surface area contributed by atoms with Crippen LogP contribution in [0, 0.1) is 16.2 Å². The Morgan fingerprint density at radius 3 is 1.86 bits per heavy atom. The molecule has 2 N–H and O–H groups in total. The Labute approximate surface area is 88.4 Å². The van der Waals surface area contributed by atoms with Crippen molar-refractivity contribution in [3.05, 3.63) is 0 Å². The number of rotatable bonds is 2. The lowest BCUT2D eigenvalue weighted by molar-refractivity contribution is 0.0752. The molecule has 0 amide bonds. The fourth-order valence-electron chi connectivity index (χ4n) is 4.15. The maximum absolute atomic E-state index is 6.06. The molecular weight excluding hydrogens is 170 g/mol. The van der Waals surface area contributed by atoms with Gasteiger partial charge in [-0.25, -0.2) is 0 Å². The van der Waals surface area contributed by atoms with E-state index in [0.717, 1.165) is 6.54 Å². The minimum Gasteiger partial charge on any atom is -0.330 e. The molecule has 2 saturated carbocycles. The van der Waals surface area contributed by atoms with Gasteiger partial charge in [-0.05, 0) is 42.1 Å². The average Bonchev–Trinajstić information content (AvgIpc) is 2.72. The van der Waals surface area contributed by atoms with Crippen LogP contribution in [0.15, 0.2) is 0 Å². The van der Waals surface area contributed by atoms with Crippen molar-refractivity contribution in [2.45, 2.75) is 59.3 Å². The van der Waals surface area contributed by atoms with Crippen molar-refractivity contribution in [2.75, 3.05) is 6.54 Å². The molecule has 0 aromatic carbocycles. The zero-order chi connectivity index (χ0) is 10.4. The van der Waals surface area contributed by atoms with Crippen molar-refractivity contribution in [1.82, 2.24) is 0 Å². The molecule has 2 aliphatic rings. The number of hydrogen-bond donors (Lipinski definition) is 1. The van der Waals surface area contributed by atoms with Gasteiger partial charge in [0.2, 0.25) is 0 Å². The molecule has 0 aliphatic heterocycles. The van der Waals surface area contributed by atoms with Gasteiger partial charge in [-0.1, -0.05) is 40.0 Å². The Hall–Kier alpha value is -0.0400. The second-order valence-electron chi connectivity index (χ2n) is 6.47. The molecule has 1 unspecified atom stereocenters. The quantitative estimate of drug-likeness (QED) is 0.718. The Morgan fingerprint density at radius 2 is 1.50 bits per heavy atom. The Kier molecular flexibility index (Phi) is 2.23. The molecule has 2 fully saturated rings. The van der Waals surface area contributed by atoms with Gasteiger partial charge >= 0.3 is 0 Å². The van der Waals surface area contributed by atoms with E-state index in [0.29, 0.717) is 16.2 Å². The third-order valence-corrected chi connectivity index (χ3v) is 5.38. The molecule has 0 heterocycles. The first-order valence-electron chi connectivity index (χ1n) is 6.18. The number of nitrogens with two attached hydrogens (primary N) is 1. The minimum absolute atomic E-state index is 0.473. The van der Waals surface area contributed by atoms with Crippen LogP contribution in [0.25, 0.3) is 0 Å². The summed E-state index contributed by atoms with van der Waals surface area (Å²) in [5.74, 6) is 0. The summed E-state index contributed by atoms with van der Waals surface area (Å²) in [7, 11) is 0. The Morgan fingerprint density at radius 1 is 1.00 bits per heavy atom. The van der Waals surface area contributed by atoms with Crippen LogP contribution >= 0.6 is 0 Å². The van der Waals surface area contributed by atoms with Gasteiger partial charge in [0.1, 0.15) is 0 Å². The van der Waals surface area contributed by atoms with E-state index in [1.807, 2.05) is 0 Å². The first-order chi connectivity index (χ1) is 6.47. The van der Waals surface area contributed by atoms with Crippen LogP contribution in [-0.4, -0.2) is 6.54 Å². The van der Waals surface area contributed by atoms with Gasteiger partial charge < -0.3 is 5.73 Å². The van der Waals surface area contributed by atoms with Gasteiger partial charge in [0.25, 0.3) is 0 Å². The van der Waals surface area contributed by atoms with Crippen LogP contribution in [-0.2, 0) is 0 Å². The largest absolute Gasteiger partial charge is 0.330 e. The highest BCUT2D eigenvalue weighted by Gasteiger charge is 2.68. The van der Waals surface area contributed by atoms with Crippen molar-refractivity contribution < 1.29 is 0 Å². The summed E-state index contributed by atoms with van der Waals surface area (Å²) in [5.41, 5.74) is 7.59. The van der Waals surface area contributed by atoms with E-state index < -0.39 is 0 Å². The van der Waals surface area contributed by atoms with E-state index in [4.69, 9.17) is 5.73 Å². The van der Waals surface area contributed by atoms with Gasteiger partial charge in [0, 0.05) is 0 Å². The van der Waals surface area contributed by atoms with Crippen molar-refractivity contribution in [3.8, 4) is 0 Å². The highest BCUT2D eigenvalue weighted by molar-refractivity contribution is 5.17. The summed E-state index contributed by atoms with van der Waals surface area (Å²) in [4.78, 5) is 0. The van der Waals surface area contributed by atoms with Gasteiger partial charge in [0.15, 0.2) is 0 Å². The second kappa shape index (κ2) is 2.98. The molecule has 1 atom stereocenters. The second-order valence-corrected chi connectivity index (χ2v) is 6.47. The topological polar surface area (TPSA) is 26.0 Å². The van der Waals surface area contributed by atoms with Crippen LogP contribution < -0.4 is 5.73 Å². The zero-order valence-electron chi connectivity index (χ0n) is 10.0. The summed E-state index contributed by atoms with van der Waals surface area (Å²) < 4.78 is 0. The summed E-state index contributed by atoms with van der Waals surface area (Å²) in [5, 5.41) is 0. The average molecular weight is 195 g/mol. The molecule has 82 valence electrons. The highest BCUT2D eigenvalue weighted by atomic mass is 14.8. The predicted octanol–water partition coefficient (Wildman–Crippen LogP) is 3.33. The maximum atomic E-state index is 6.06. The van der Waals surface area contributed by atoms with Crippen LogP contribution in [0.5, 0.6) is 0 Å². The predicted molar refractivity (Wildman–Crippen MR) is 61.1 cm³/mol. The van der Waals surface area contributed by atoms with Crippen LogP contribution in [0.3, 0.4) is 0 Å². The van der Waals surface area contributed by atoms with Crippen LogP contribution in [0.4, 0.5) is 0 Å². The van der Waals surface area contributed by atoms with E-state index in [-0.39, 0.29) is 0 Å². The molecule has 1 heteroatoms. The third kappa shape index (κ3) is 1.18. The highest BCUT2D eigenvalue weighted by Crippen LogP contribution is 2.73. The minimum atomic E-state index is 0.473. The van der Waals surface area contributed by atoms with Crippen molar-refractivity contribution in [1.29, 1.82) is 0 Å². The van der Waals surface area contributed by atoms with E-state index >= 15 is 0 Å². The van der Waals surface area contributed by atoms with Gasteiger partial charge in [-0.3, -0.25) is 0 Å². The number of hydrogen-bond acceptors (Lipinski definition) is 1. The van der Waals surface area contributed by atoms with E-state index in [9.17, 15) is 0 Å². The molecule has 2 rings (SSSR count). The molecule has 0 aromatic rings. The molecule has 0 radical (unpaired) electrons. The fourth-order valence-corrected chi connectivity index (χ4v) is 4.15. The van der Waals surface area contributed by atoms with Crippen molar-refractivity contribution >= 4 is 0 Å². The Balaban J connectivity index is 2.20. The lowest BCUT2D eigenvalue weighted by atomic mass is 9.62. The van der Waals surface area contributed by atoms with Gasteiger partial charge in [-0.2, -0.15) is 0 Å². The molecule has 14 heavy (non-hydrogen) atoms. The van der Waals surface area contributed by atoms with Crippen LogP contribution in [0.1, 0.15) is 59.3 Å². The molecule has 0 spiro atoms. The SMILES string of the molecule is CC1(C)CC1(CN)C1(C)CCCCC1. The maximum Gasteiger partial charge on any atom is -0.000997 e. The van der Waals surface area contributed by atoms with Crippen molar-refractivity contribution in [3.63, 3.8) is 0 Å². The lowest BCUT2D eigenvalue weighted by Crippen LogP contribution is -2.39. The van der Waals surface area contributed by atoms with Gasteiger partial charge in [0.05, 0.1) is 0 Å². The standard InChI is InChI=1S/C13H25N/c1-11(2)9-13(11,10-14)12(3)7-5-4-6-8-12/h4-10,14H2,1-3H3. The summed E-state index contributed by atoms with van der Waals surface area (Å²) in [6, 6.07) is 0. The molecule has 0 aromatic heterocycles. The summed E-state index contributed by atoms with van der Waals surface area (Å²) >= 11 is 0. The normalized spacial score (nSPS) is 39.4. The molecule has 2 aliphatic carbocycles. The summed E-state index contributed by atoms with van der Waals surface area (Å²) in [6.07, 6.45) is 8.47. The molecule has 1 nitrogen and oxygen atoms in total. The van der Waals surface area contributed by atoms with E-state index in [1.165, 1.54) is 38.5 Å². The van der Waals surface area contributed by atoms with E-state index in [1.54, 1.807) is 0 Å². The summed E-state index contributed by atoms with van der Waals surface area (Å²) in [6.45, 7) is 8.20. The van der Waals surface area contributed by atoms with Crippen molar-refractivity contribution in [2.24, 2.45) is 22.0 Å². The third-order valence-electron chi connectivity index (χ3n) is 5.38.